The first-order valence-electron chi connectivity index (χ1n) is 9.68. The summed E-state index contributed by atoms with van der Waals surface area (Å²) in [6.45, 7) is 11.4. The fourth-order valence-corrected chi connectivity index (χ4v) is 3.73. The Hall–Kier alpha value is -1.30. The van der Waals surface area contributed by atoms with Crippen molar-refractivity contribution in [3.05, 3.63) is 0 Å². The molecule has 0 spiro atoms. The lowest BCUT2D eigenvalue weighted by Gasteiger charge is -2.37. The maximum atomic E-state index is 12.2. The number of amides is 1. The summed E-state index contributed by atoms with van der Waals surface area (Å²) in [6.07, 6.45) is 4.64. The van der Waals surface area contributed by atoms with Gasteiger partial charge in [-0.05, 0) is 72.9 Å². The van der Waals surface area contributed by atoms with Gasteiger partial charge in [-0.3, -0.25) is 4.79 Å². The van der Waals surface area contributed by atoms with Gasteiger partial charge < -0.3 is 19.3 Å². The van der Waals surface area contributed by atoms with E-state index in [1.165, 1.54) is 0 Å². The molecule has 2 aliphatic rings. The van der Waals surface area contributed by atoms with Crippen LogP contribution in [-0.4, -0.2) is 66.3 Å². The van der Waals surface area contributed by atoms with Crippen molar-refractivity contribution < 1.29 is 19.1 Å². The first-order chi connectivity index (χ1) is 11.8. The van der Waals surface area contributed by atoms with Gasteiger partial charge in [-0.1, -0.05) is 0 Å². The quantitative estimate of drug-likeness (QED) is 0.729. The average Bonchev–Trinajstić information content (AvgIpc) is 2.80. The molecule has 144 valence electrons. The number of piperidine rings is 1. The Kier molecular flexibility index (Phi) is 7.11. The third kappa shape index (κ3) is 6.17. The van der Waals surface area contributed by atoms with E-state index in [9.17, 15) is 9.59 Å². The molecule has 0 aromatic carbocycles. The number of hydrogen-bond donors (Lipinski definition) is 0. The second-order valence-corrected chi connectivity index (χ2v) is 8.11. The molecule has 0 aliphatic carbocycles. The molecule has 0 N–H and O–H groups in total. The van der Waals surface area contributed by atoms with Crippen LogP contribution in [0.2, 0.25) is 0 Å². The summed E-state index contributed by atoms with van der Waals surface area (Å²) in [5.74, 6) is -0.0289. The summed E-state index contributed by atoms with van der Waals surface area (Å²) in [4.78, 5) is 28.5. The highest BCUT2D eigenvalue weighted by Gasteiger charge is 2.32. The van der Waals surface area contributed by atoms with E-state index in [1.54, 1.807) is 0 Å². The van der Waals surface area contributed by atoms with Crippen LogP contribution >= 0.6 is 0 Å². The summed E-state index contributed by atoms with van der Waals surface area (Å²) >= 11 is 0. The Morgan fingerprint density at radius 1 is 1.00 bits per heavy atom. The molecule has 25 heavy (non-hydrogen) atoms. The van der Waals surface area contributed by atoms with Crippen LogP contribution in [0.15, 0.2) is 0 Å². The van der Waals surface area contributed by atoms with Crippen molar-refractivity contribution in [2.45, 2.75) is 71.4 Å². The lowest BCUT2D eigenvalue weighted by molar-refractivity contribution is -0.161. The minimum Gasteiger partial charge on any atom is -0.460 e. The van der Waals surface area contributed by atoms with Crippen LogP contribution in [0, 0.1) is 5.92 Å². The van der Waals surface area contributed by atoms with Crippen molar-refractivity contribution in [1.82, 2.24) is 9.80 Å². The molecule has 2 rings (SSSR count). The Balaban J connectivity index is 1.79. The summed E-state index contributed by atoms with van der Waals surface area (Å²) in [6, 6.07) is 0.499. The third-order valence-corrected chi connectivity index (χ3v) is 5.01. The van der Waals surface area contributed by atoms with Crippen LogP contribution in [0.5, 0.6) is 0 Å². The van der Waals surface area contributed by atoms with Gasteiger partial charge in [0.2, 0.25) is 0 Å². The largest absolute Gasteiger partial charge is 0.460 e. The van der Waals surface area contributed by atoms with Crippen molar-refractivity contribution in [2.75, 3.05) is 32.8 Å². The number of esters is 1. The molecule has 0 aromatic heterocycles. The number of likely N-dealkylation sites (tertiary alicyclic amines) is 2. The summed E-state index contributed by atoms with van der Waals surface area (Å²) in [5, 5.41) is 0. The highest BCUT2D eigenvalue weighted by molar-refractivity contribution is 5.73. The highest BCUT2D eigenvalue weighted by atomic mass is 16.6. The van der Waals surface area contributed by atoms with Gasteiger partial charge in [-0.2, -0.15) is 0 Å². The molecule has 2 aliphatic heterocycles. The van der Waals surface area contributed by atoms with Crippen molar-refractivity contribution >= 4 is 12.1 Å². The first kappa shape index (κ1) is 20.0. The summed E-state index contributed by atoms with van der Waals surface area (Å²) in [5.41, 5.74) is -0.411. The van der Waals surface area contributed by atoms with E-state index in [1.807, 2.05) is 32.6 Å². The Morgan fingerprint density at radius 3 is 2.28 bits per heavy atom. The molecule has 0 aromatic rings. The lowest BCUT2D eigenvalue weighted by atomic mass is 9.94. The van der Waals surface area contributed by atoms with Crippen LogP contribution in [0.25, 0.3) is 0 Å². The molecule has 2 heterocycles. The van der Waals surface area contributed by atoms with E-state index in [0.29, 0.717) is 12.6 Å². The smallest absolute Gasteiger partial charge is 0.409 e. The molecule has 6 nitrogen and oxygen atoms in total. The SMILES string of the molecule is CCOC(=O)N1CCCC(N2CCC(C(=O)OC(C)(C)C)CC2)CC1. The molecule has 6 heteroatoms. The topological polar surface area (TPSA) is 59.1 Å². The number of ether oxygens (including phenoxy) is 2. The zero-order valence-electron chi connectivity index (χ0n) is 16.3. The van der Waals surface area contributed by atoms with Crippen LogP contribution in [0.4, 0.5) is 4.79 Å². The molecule has 1 unspecified atom stereocenters. The zero-order valence-corrected chi connectivity index (χ0v) is 16.3. The molecule has 0 bridgehead atoms. The predicted octanol–water partition coefficient (Wildman–Crippen LogP) is 3.05. The van der Waals surface area contributed by atoms with E-state index in [-0.39, 0.29) is 18.0 Å². The van der Waals surface area contributed by atoms with Gasteiger partial charge in [0.25, 0.3) is 0 Å². The number of rotatable bonds is 3. The standard InChI is InChI=1S/C19H34N2O4/c1-5-24-18(23)21-11-6-7-16(10-14-21)20-12-8-15(9-13-20)17(22)25-19(2,3)4/h15-16H,5-14H2,1-4H3. The summed E-state index contributed by atoms with van der Waals surface area (Å²) in [7, 11) is 0. The van der Waals surface area contributed by atoms with Crippen LogP contribution in [-0.2, 0) is 14.3 Å². The van der Waals surface area contributed by atoms with E-state index in [4.69, 9.17) is 9.47 Å². The van der Waals surface area contributed by atoms with Crippen molar-refractivity contribution in [3.8, 4) is 0 Å². The number of carbonyl (C=O) groups is 2. The average molecular weight is 354 g/mol. The predicted molar refractivity (Wildman–Crippen MR) is 96.4 cm³/mol. The Morgan fingerprint density at radius 2 is 1.68 bits per heavy atom. The van der Waals surface area contributed by atoms with Gasteiger partial charge in [-0.25, -0.2) is 4.79 Å². The van der Waals surface area contributed by atoms with Gasteiger partial charge >= 0.3 is 12.1 Å². The van der Waals surface area contributed by atoms with Gasteiger partial charge in [0, 0.05) is 19.1 Å². The first-order valence-corrected chi connectivity index (χ1v) is 9.68. The molecule has 2 saturated heterocycles. The minimum absolute atomic E-state index is 0.0253. The maximum Gasteiger partial charge on any atom is 0.409 e. The number of carbonyl (C=O) groups excluding carboxylic acids is 2. The van der Waals surface area contributed by atoms with Crippen molar-refractivity contribution in [2.24, 2.45) is 5.92 Å². The molecule has 0 radical (unpaired) electrons. The monoisotopic (exact) mass is 354 g/mol. The van der Waals surface area contributed by atoms with Crippen molar-refractivity contribution in [1.29, 1.82) is 0 Å². The second kappa shape index (κ2) is 8.88. The minimum atomic E-state index is -0.411. The van der Waals surface area contributed by atoms with Gasteiger partial charge in [0.1, 0.15) is 5.60 Å². The lowest BCUT2D eigenvalue weighted by Crippen LogP contribution is -2.44. The fourth-order valence-electron chi connectivity index (χ4n) is 3.73. The van der Waals surface area contributed by atoms with E-state index < -0.39 is 5.60 Å². The van der Waals surface area contributed by atoms with Gasteiger partial charge in [0.15, 0.2) is 0 Å². The van der Waals surface area contributed by atoms with Crippen LogP contribution < -0.4 is 0 Å². The number of hydrogen-bond acceptors (Lipinski definition) is 5. The number of nitrogens with zero attached hydrogens (tertiary/aromatic N) is 2. The molecule has 1 amide bonds. The molecular weight excluding hydrogens is 320 g/mol. The molecular formula is C19H34N2O4. The van der Waals surface area contributed by atoms with E-state index in [0.717, 1.165) is 58.3 Å². The molecule has 0 saturated carbocycles. The van der Waals surface area contributed by atoms with Gasteiger partial charge in [-0.15, -0.1) is 0 Å². The van der Waals surface area contributed by atoms with Crippen LogP contribution in [0.1, 0.15) is 59.8 Å². The highest BCUT2D eigenvalue weighted by Crippen LogP contribution is 2.26. The zero-order chi connectivity index (χ0) is 18.4. The normalized spacial score (nSPS) is 23.8. The maximum absolute atomic E-state index is 12.2. The summed E-state index contributed by atoms with van der Waals surface area (Å²) < 4.78 is 10.6. The van der Waals surface area contributed by atoms with E-state index >= 15 is 0 Å². The Bertz CT molecular complexity index is 453. The second-order valence-electron chi connectivity index (χ2n) is 8.11. The van der Waals surface area contributed by atoms with Crippen LogP contribution in [0.3, 0.4) is 0 Å². The van der Waals surface area contributed by atoms with E-state index in [2.05, 4.69) is 4.90 Å². The van der Waals surface area contributed by atoms with Crippen molar-refractivity contribution in [3.63, 3.8) is 0 Å². The fraction of sp³-hybridized carbons (Fsp3) is 0.895. The Labute approximate surface area is 151 Å². The molecule has 2 fully saturated rings. The molecule has 1 atom stereocenters. The van der Waals surface area contributed by atoms with Gasteiger partial charge in [0.05, 0.1) is 12.5 Å². The third-order valence-electron chi connectivity index (χ3n) is 5.01.